The summed E-state index contributed by atoms with van der Waals surface area (Å²) in [4.78, 5) is 4.81. The Bertz CT molecular complexity index is 831. The molecule has 1 saturated carbocycles. The van der Waals surface area contributed by atoms with Crippen LogP contribution in [-0.2, 0) is 20.1 Å². The minimum absolute atomic E-state index is 0. The third-order valence-electron chi connectivity index (χ3n) is 5.22. The quantitative estimate of drug-likeness (QED) is 0.213. The summed E-state index contributed by atoms with van der Waals surface area (Å²) in [6, 6.07) is 6.36. The second kappa shape index (κ2) is 12.1. The van der Waals surface area contributed by atoms with E-state index < -0.39 is 0 Å². The fraction of sp³-hybridized carbons (Fsp3) is 0.591. The van der Waals surface area contributed by atoms with E-state index in [1.165, 1.54) is 18.4 Å². The summed E-state index contributed by atoms with van der Waals surface area (Å²) in [5, 5.41) is 15.1. The Morgan fingerprint density at radius 3 is 2.70 bits per heavy atom. The van der Waals surface area contributed by atoms with Gasteiger partial charge in [-0.1, -0.05) is 25.5 Å². The number of unbranched alkanes of at least 4 members (excludes halogenated alkanes) is 1. The summed E-state index contributed by atoms with van der Waals surface area (Å²) in [6.07, 6.45) is 4.82. The number of halogens is 1. The molecule has 1 aromatic carbocycles. The van der Waals surface area contributed by atoms with Crippen LogP contribution in [0.2, 0.25) is 0 Å². The highest BCUT2D eigenvalue weighted by Crippen LogP contribution is 2.30. The van der Waals surface area contributed by atoms with Crippen LogP contribution < -0.4 is 15.4 Å². The zero-order valence-electron chi connectivity index (χ0n) is 18.6. The Balaban J connectivity index is 0.00000320. The van der Waals surface area contributed by atoms with E-state index in [4.69, 9.17) is 9.73 Å². The molecule has 0 radical (unpaired) electrons. The molecule has 1 fully saturated rings. The molecule has 0 amide bonds. The van der Waals surface area contributed by atoms with Crippen LogP contribution in [0.3, 0.4) is 0 Å². The summed E-state index contributed by atoms with van der Waals surface area (Å²) in [5.41, 5.74) is 2.32. The number of aromatic nitrogens is 3. The Morgan fingerprint density at radius 2 is 2.03 bits per heavy atom. The lowest BCUT2D eigenvalue weighted by Crippen LogP contribution is -2.38. The Morgan fingerprint density at radius 1 is 1.23 bits per heavy atom. The van der Waals surface area contributed by atoms with E-state index in [0.717, 1.165) is 60.8 Å². The third-order valence-corrected chi connectivity index (χ3v) is 5.22. The number of nitrogens with zero attached hydrogens (tertiary/aromatic N) is 4. The van der Waals surface area contributed by atoms with Crippen molar-refractivity contribution < 1.29 is 4.74 Å². The molecule has 166 valence electrons. The predicted molar refractivity (Wildman–Crippen MR) is 131 cm³/mol. The van der Waals surface area contributed by atoms with Gasteiger partial charge in [0.1, 0.15) is 11.6 Å². The number of rotatable bonds is 10. The van der Waals surface area contributed by atoms with Crippen molar-refractivity contribution >= 4 is 29.9 Å². The lowest BCUT2D eigenvalue weighted by molar-refractivity contribution is 0.296. The molecule has 3 rings (SSSR count). The first-order chi connectivity index (χ1) is 14.1. The summed E-state index contributed by atoms with van der Waals surface area (Å²) in [5.74, 6) is 4.26. The number of aryl methyl sites for hydroxylation is 2. The van der Waals surface area contributed by atoms with Gasteiger partial charge in [-0.3, -0.25) is 0 Å². The lowest BCUT2D eigenvalue weighted by atomic mass is 10.1. The maximum absolute atomic E-state index is 6.09. The maximum Gasteiger partial charge on any atom is 0.191 e. The second-order valence-corrected chi connectivity index (χ2v) is 7.89. The van der Waals surface area contributed by atoms with E-state index in [9.17, 15) is 0 Å². The van der Waals surface area contributed by atoms with Crippen LogP contribution in [-0.4, -0.2) is 33.9 Å². The molecule has 2 aromatic rings. The zero-order valence-corrected chi connectivity index (χ0v) is 20.9. The van der Waals surface area contributed by atoms with Crippen LogP contribution in [0.4, 0.5) is 0 Å². The third kappa shape index (κ3) is 7.45. The zero-order chi connectivity index (χ0) is 20.6. The van der Waals surface area contributed by atoms with Crippen molar-refractivity contribution in [3.05, 3.63) is 41.0 Å². The highest BCUT2D eigenvalue weighted by atomic mass is 127. The standard InChI is InChI=1S/C22H34N6O.HI/c1-5-6-11-23-22(25-14-21-27-26-17(3)28(21)4)24-13-19-10-7-16(2)12-20(19)29-15-18-8-9-18;/h7,10,12,18H,5-6,8-9,11,13-15H2,1-4H3,(H2,23,24,25);1H. The van der Waals surface area contributed by atoms with Gasteiger partial charge in [0.15, 0.2) is 11.8 Å². The highest BCUT2D eigenvalue weighted by molar-refractivity contribution is 14.0. The van der Waals surface area contributed by atoms with Gasteiger partial charge in [0.2, 0.25) is 0 Å². The number of nitrogens with one attached hydrogen (secondary N) is 2. The molecule has 7 nitrogen and oxygen atoms in total. The van der Waals surface area contributed by atoms with Gasteiger partial charge in [-0.2, -0.15) is 0 Å². The second-order valence-electron chi connectivity index (χ2n) is 7.89. The van der Waals surface area contributed by atoms with E-state index in [1.807, 2.05) is 18.5 Å². The monoisotopic (exact) mass is 526 g/mol. The molecule has 30 heavy (non-hydrogen) atoms. The number of ether oxygens (including phenoxy) is 1. The lowest BCUT2D eigenvalue weighted by Gasteiger charge is -2.14. The molecule has 0 bridgehead atoms. The molecule has 1 aliphatic rings. The molecular weight excluding hydrogens is 491 g/mol. The average Bonchev–Trinajstić information content (AvgIpc) is 3.49. The van der Waals surface area contributed by atoms with E-state index >= 15 is 0 Å². The average molecular weight is 526 g/mol. The van der Waals surface area contributed by atoms with Crippen LogP contribution in [0.15, 0.2) is 23.2 Å². The van der Waals surface area contributed by atoms with Crippen LogP contribution in [0.1, 0.15) is 55.4 Å². The first-order valence-electron chi connectivity index (χ1n) is 10.7. The largest absolute Gasteiger partial charge is 0.493 e. The number of benzene rings is 1. The van der Waals surface area contributed by atoms with Gasteiger partial charge in [0, 0.05) is 19.2 Å². The van der Waals surface area contributed by atoms with Gasteiger partial charge in [-0.25, -0.2) is 4.99 Å². The van der Waals surface area contributed by atoms with Gasteiger partial charge < -0.3 is 19.9 Å². The number of aliphatic imine (C=N–C) groups is 1. The van der Waals surface area contributed by atoms with Crippen LogP contribution in [0.5, 0.6) is 5.75 Å². The molecule has 8 heteroatoms. The van der Waals surface area contributed by atoms with Crippen molar-refractivity contribution in [2.24, 2.45) is 18.0 Å². The van der Waals surface area contributed by atoms with Crippen molar-refractivity contribution in [3.8, 4) is 5.75 Å². The van der Waals surface area contributed by atoms with Crippen molar-refractivity contribution in [2.45, 2.75) is 59.5 Å². The predicted octanol–water partition coefficient (Wildman–Crippen LogP) is 3.87. The van der Waals surface area contributed by atoms with Gasteiger partial charge >= 0.3 is 0 Å². The molecule has 1 heterocycles. The van der Waals surface area contributed by atoms with Crippen molar-refractivity contribution in [3.63, 3.8) is 0 Å². The number of hydrogen-bond acceptors (Lipinski definition) is 4. The van der Waals surface area contributed by atoms with Gasteiger partial charge in [0.05, 0.1) is 19.7 Å². The fourth-order valence-electron chi connectivity index (χ4n) is 2.91. The topological polar surface area (TPSA) is 76.4 Å². The molecular formula is C22H35IN6O. The number of hydrogen-bond donors (Lipinski definition) is 2. The van der Waals surface area contributed by atoms with Gasteiger partial charge in [-0.05, 0) is 50.7 Å². The summed E-state index contributed by atoms with van der Waals surface area (Å²) in [6.45, 7) is 9.08. The minimum atomic E-state index is 0. The number of guanidine groups is 1. The molecule has 1 aliphatic carbocycles. The fourth-order valence-corrected chi connectivity index (χ4v) is 2.91. The smallest absolute Gasteiger partial charge is 0.191 e. The van der Waals surface area contributed by atoms with Gasteiger partial charge in [-0.15, -0.1) is 34.2 Å². The van der Waals surface area contributed by atoms with E-state index in [1.54, 1.807) is 0 Å². The van der Waals surface area contributed by atoms with Crippen molar-refractivity contribution in [2.75, 3.05) is 13.2 Å². The molecule has 2 N–H and O–H groups in total. The molecule has 0 spiro atoms. The SMILES string of the molecule is CCCCNC(=NCc1ccc(C)cc1OCC1CC1)NCc1nnc(C)n1C.I. The molecule has 1 aromatic heterocycles. The highest BCUT2D eigenvalue weighted by Gasteiger charge is 2.22. The Kier molecular flexibility index (Phi) is 9.87. The summed E-state index contributed by atoms with van der Waals surface area (Å²) in [7, 11) is 1.98. The maximum atomic E-state index is 6.09. The molecule has 0 saturated heterocycles. The van der Waals surface area contributed by atoms with Crippen molar-refractivity contribution in [1.29, 1.82) is 0 Å². The van der Waals surface area contributed by atoms with Crippen LogP contribution >= 0.6 is 24.0 Å². The summed E-state index contributed by atoms with van der Waals surface area (Å²) < 4.78 is 8.08. The first kappa shape index (κ1) is 24.4. The van der Waals surface area contributed by atoms with E-state index in [-0.39, 0.29) is 24.0 Å². The van der Waals surface area contributed by atoms with E-state index in [0.29, 0.717) is 13.1 Å². The minimum Gasteiger partial charge on any atom is -0.493 e. The molecule has 0 unspecified atom stereocenters. The first-order valence-corrected chi connectivity index (χ1v) is 10.7. The Hall–Kier alpha value is -1.84. The Labute approximate surface area is 197 Å². The van der Waals surface area contributed by atoms with Crippen LogP contribution in [0.25, 0.3) is 0 Å². The van der Waals surface area contributed by atoms with E-state index in [2.05, 4.69) is 52.9 Å². The van der Waals surface area contributed by atoms with Crippen molar-refractivity contribution in [1.82, 2.24) is 25.4 Å². The normalized spacial score (nSPS) is 13.7. The van der Waals surface area contributed by atoms with Crippen LogP contribution in [0, 0.1) is 19.8 Å². The molecule has 0 atom stereocenters. The molecule has 0 aliphatic heterocycles. The summed E-state index contributed by atoms with van der Waals surface area (Å²) >= 11 is 0. The van der Waals surface area contributed by atoms with Gasteiger partial charge in [0.25, 0.3) is 0 Å².